The van der Waals surface area contributed by atoms with Gasteiger partial charge in [-0.2, -0.15) is 0 Å². The molecule has 1 saturated heterocycles. The average Bonchev–Trinajstić information content (AvgIpc) is 3.19. The van der Waals surface area contributed by atoms with Gasteiger partial charge in [0.05, 0.1) is 37.1 Å². The van der Waals surface area contributed by atoms with E-state index in [4.69, 9.17) is 9.47 Å². The molecule has 192 valence electrons. The molecule has 0 aromatic heterocycles. The lowest BCUT2D eigenvalue weighted by Crippen LogP contribution is -2.47. The number of rotatable bonds is 8. The molecule has 2 amide bonds. The number of benzene rings is 3. The van der Waals surface area contributed by atoms with Gasteiger partial charge in [0, 0.05) is 32.2 Å². The molecule has 1 fully saturated rings. The first-order valence-corrected chi connectivity index (χ1v) is 12.8. The Balaban J connectivity index is 1.32. The van der Waals surface area contributed by atoms with Crippen molar-refractivity contribution in [2.45, 2.75) is 26.4 Å². The molecule has 7 heteroatoms. The number of piperazine rings is 1. The highest BCUT2D eigenvalue weighted by atomic mass is 16.5. The number of methoxy groups -OCH3 is 1. The third kappa shape index (κ3) is 4.79. The minimum atomic E-state index is -0.258. The van der Waals surface area contributed by atoms with Gasteiger partial charge in [0.2, 0.25) is 0 Å². The van der Waals surface area contributed by atoms with E-state index >= 15 is 0 Å². The van der Waals surface area contributed by atoms with Crippen LogP contribution in [0.5, 0.6) is 11.5 Å². The molecule has 3 aromatic carbocycles. The lowest BCUT2D eigenvalue weighted by molar-refractivity contribution is 0.0642. The minimum absolute atomic E-state index is 0.177. The first-order valence-electron chi connectivity index (χ1n) is 12.8. The van der Waals surface area contributed by atoms with Crippen LogP contribution in [-0.2, 0) is 6.54 Å². The van der Waals surface area contributed by atoms with Gasteiger partial charge in [-0.1, -0.05) is 42.5 Å². The van der Waals surface area contributed by atoms with Crippen LogP contribution in [0.2, 0.25) is 0 Å². The van der Waals surface area contributed by atoms with E-state index < -0.39 is 0 Å². The molecule has 0 spiro atoms. The first kappa shape index (κ1) is 24.8. The molecular formula is C30H33N3O4. The summed E-state index contributed by atoms with van der Waals surface area (Å²) in [5, 5.41) is 0. The Morgan fingerprint density at radius 1 is 0.865 bits per heavy atom. The number of hydrogen-bond donors (Lipinski definition) is 0. The van der Waals surface area contributed by atoms with Gasteiger partial charge in [0.25, 0.3) is 11.8 Å². The van der Waals surface area contributed by atoms with E-state index in [1.165, 1.54) is 10.5 Å². The van der Waals surface area contributed by atoms with Crippen molar-refractivity contribution in [2.24, 2.45) is 0 Å². The summed E-state index contributed by atoms with van der Waals surface area (Å²) in [5.74, 6) is 0.716. The maximum atomic E-state index is 13.6. The maximum Gasteiger partial charge on any atom is 0.263 e. The Bertz CT molecular complexity index is 1290. The lowest BCUT2D eigenvalue weighted by atomic mass is 10.0. The number of hydrogen-bond acceptors (Lipinski definition) is 6. The van der Waals surface area contributed by atoms with E-state index in [1.54, 1.807) is 13.2 Å². The van der Waals surface area contributed by atoms with Crippen LogP contribution in [0.25, 0.3) is 0 Å². The van der Waals surface area contributed by atoms with Crippen molar-refractivity contribution in [3.05, 3.63) is 89.0 Å². The molecule has 0 aliphatic carbocycles. The van der Waals surface area contributed by atoms with Gasteiger partial charge in [-0.25, -0.2) is 0 Å². The van der Waals surface area contributed by atoms with Crippen molar-refractivity contribution in [2.75, 3.05) is 44.8 Å². The van der Waals surface area contributed by atoms with E-state index in [9.17, 15) is 9.59 Å². The van der Waals surface area contributed by atoms with Gasteiger partial charge in [-0.3, -0.25) is 19.4 Å². The Morgan fingerprint density at radius 2 is 1.62 bits per heavy atom. The predicted molar refractivity (Wildman–Crippen MR) is 143 cm³/mol. The fourth-order valence-corrected chi connectivity index (χ4v) is 5.28. The highest BCUT2D eigenvalue weighted by Gasteiger charge is 2.39. The van der Waals surface area contributed by atoms with Crippen molar-refractivity contribution in [3.8, 4) is 11.5 Å². The molecule has 0 radical (unpaired) electrons. The normalized spacial score (nSPS) is 16.6. The summed E-state index contributed by atoms with van der Waals surface area (Å²) < 4.78 is 11.0. The van der Waals surface area contributed by atoms with Crippen LogP contribution in [-0.4, -0.2) is 61.5 Å². The van der Waals surface area contributed by atoms with Crippen molar-refractivity contribution in [3.63, 3.8) is 0 Å². The number of anilines is 1. The van der Waals surface area contributed by atoms with Crippen molar-refractivity contribution in [1.82, 2.24) is 9.80 Å². The van der Waals surface area contributed by atoms with Crippen LogP contribution in [0.15, 0.2) is 66.7 Å². The predicted octanol–water partition coefficient (Wildman–Crippen LogP) is 4.77. The second-order valence-corrected chi connectivity index (χ2v) is 9.42. The van der Waals surface area contributed by atoms with E-state index in [0.29, 0.717) is 35.3 Å². The minimum Gasteiger partial charge on any atom is -0.493 e. The van der Waals surface area contributed by atoms with Gasteiger partial charge < -0.3 is 14.4 Å². The number of imide groups is 1. The maximum absolute atomic E-state index is 13.6. The molecule has 0 bridgehead atoms. The molecule has 2 heterocycles. The Hall–Kier alpha value is -3.84. The quantitative estimate of drug-likeness (QED) is 0.416. The molecule has 37 heavy (non-hydrogen) atoms. The number of carbonyl (C=O) groups is 2. The van der Waals surface area contributed by atoms with Crippen LogP contribution in [0.1, 0.15) is 51.7 Å². The smallest absolute Gasteiger partial charge is 0.263 e. The topological polar surface area (TPSA) is 62.3 Å². The summed E-state index contributed by atoms with van der Waals surface area (Å²) in [7, 11) is 1.58. The molecule has 5 rings (SSSR count). The molecular weight excluding hydrogens is 466 g/mol. The monoisotopic (exact) mass is 499 g/mol. The third-order valence-corrected chi connectivity index (χ3v) is 7.33. The van der Waals surface area contributed by atoms with E-state index in [-0.39, 0.29) is 18.4 Å². The standard InChI is InChI=1S/C30H33N3O4/c1-4-37-26-14-13-22(19-27(26)36-3)20-33-29(34)24-11-8-12-25(28(24)30(33)35)32-17-15-31(16-18-32)21(2)23-9-6-5-7-10-23/h5-14,19,21H,4,15-18,20H2,1-3H3/t21-/m1/s1. The number of nitrogens with zero attached hydrogens (tertiary/aromatic N) is 3. The largest absolute Gasteiger partial charge is 0.493 e. The zero-order valence-electron chi connectivity index (χ0n) is 21.6. The van der Waals surface area contributed by atoms with Gasteiger partial charge in [-0.15, -0.1) is 0 Å². The van der Waals surface area contributed by atoms with E-state index in [1.807, 2.05) is 43.3 Å². The van der Waals surface area contributed by atoms with Crippen LogP contribution >= 0.6 is 0 Å². The van der Waals surface area contributed by atoms with E-state index in [2.05, 4.69) is 41.0 Å². The molecule has 0 N–H and O–H groups in total. The lowest BCUT2D eigenvalue weighted by Gasteiger charge is -2.39. The number of carbonyl (C=O) groups excluding carboxylic acids is 2. The average molecular weight is 500 g/mol. The summed E-state index contributed by atoms with van der Waals surface area (Å²) in [6.07, 6.45) is 0. The second kappa shape index (κ2) is 10.6. The fraction of sp³-hybridized carbons (Fsp3) is 0.333. The third-order valence-electron chi connectivity index (χ3n) is 7.33. The zero-order chi connectivity index (χ0) is 25.9. The summed E-state index contributed by atoms with van der Waals surface area (Å²) in [6, 6.07) is 22.0. The Morgan fingerprint density at radius 3 is 2.32 bits per heavy atom. The molecule has 0 saturated carbocycles. The zero-order valence-corrected chi connectivity index (χ0v) is 21.6. The van der Waals surface area contributed by atoms with Gasteiger partial charge in [0.15, 0.2) is 11.5 Å². The molecule has 2 aliphatic heterocycles. The van der Waals surface area contributed by atoms with Crippen molar-refractivity contribution in [1.29, 1.82) is 0 Å². The Labute approximate surface area is 218 Å². The summed E-state index contributed by atoms with van der Waals surface area (Å²) in [6.45, 7) is 8.22. The van der Waals surface area contributed by atoms with Crippen LogP contribution < -0.4 is 14.4 Å². The number of fused-ring (bicyclic) bond motifs is 1. The summed E-state index contributed by atoms with van der Waals surface area (Å²) >= 11 is 0. The SMILES string of the molecule is CCOc1ccc(CN2C(=O)c3cccc(N4CCN([C@H](C)c5ccccc5)CC4)c3C2=O)cc1OC. The van der Waals surface area contributed by atoms with Gasteiger partial charge in [0.1, 0.15) is 0 Å². The summed E-state index contributed by atoms with van der Waals surface area (Å²) in [4.78, 5) is 32.9. The first-order chi connectivity index (χ1) is 18.0. The van der Waals surface area contributed by atoms with Gasteiger partial charge in [-0.05, 0) is 49.2 Å². The van der Waals surface area contributed by atoms with Crippen molar-refractivity contribution < 1.29 is 19.1 Å². The van der Waals surface area contributed by atoms with Crippen LogP contribution in [0.4, 0.5) is 5.69 Å². The Kier molecular flexibility index (Phi) is 7.15. The van der Waals surface area contributed by atoms with Crippen LogP contribution in [0.3, 0.4) is 0 Å². The molecule has 2 aliphatic rings. The number of ether oxygens (including phenoxy) is 2. The van der Waals surface area contributed by atoms with Crippen LogP contribution in [0, 0.1) is 0 Å². The molecule has 7 nitrogen and oxygen atoms in total. The number of amides is 2. The molecule has 0 unspecified atom stereocenters. The highest BCUT2D eigenvalue weighted by Crippen LogP contribution is 2.35. The fourth-order valence-electron chi connectivity index (χ4n) is 5.28. The highest BCUT2D eigenvalue weighted by molar-refractivity contribution is 6.23. The van der Waals surface area contributed by atoms with Gasteiger partial charge >= 0.3 is 0 Å². The van der Waals surface area contributed by atoms with Crippen molar-refractivity contribution >= 4 is 17.5 Å². The molecule has 3 aromatic rings. The van der Waals surface area contributed by atoms with E-state index in [0.717, 1.165) is 37.4 Å². The summed E-state index contributed by atoms with van der Waals surface area (Å²) in [5.41, 5.74) is 3.93. The second-order valence-electron chi connectivity index (χ2n) is 9.42. The molecule has 1 atom stereocenters.